The van der Waals surface area contributed by atoms with Crippen molar-refractivity contribution in [1.82, 2.24) is 15.3 Å². The lowest BCUT2D eigenvalue weighted by Crippen LogP contribution is -2.26. The molecular formula is C25H28Cl2N4O3. The number of rotatable bonds is 8. The summed E-state index contributed by atoms with van der Waals surface area (Å²) in [6.07, 6.45) is 5.46. The molecule has 0 saturated carbocycles. The number of halogens is 2. The Hall–Kier alpha value is -2.74. The Morgan fingerprint density at radius 3 is 2.38 bits per heavy atom. The largest absolute Gasteiger partial charge is 0.495 e. The number of aromatic nitrogens is 2. The molecule has 0 atom stereocenters. The first-order chi connectivity index (χ1) is 16.5. The van der Waals surface area contributed by atoms with Gasteiger partial charge in [0.15, 0.2) is 5.75 Å². The highest BCUT2D eigenvalue weighted by Crippen LogP contribution is 2.37. The molecule has 34 heavy (non-hydrogen) atoms. The Bertz CT molecular complexity index is 1140. The summed E-state index contributed by atoms with van der Waals surface area (Å²) in [6, 6.07) is 8.05. The van der Waals surface area contributed by atoms with Gasteiger partial charge in [-0.2, -0.15) is 0 Å². The van der Waals surface area contributed by atoms with Gasteiger partial charge < -0.3 is 24.8 Å². The first-order valence-electron chi connectivity index (χ1n) is 11.1. The summed E-state index contributed by atoms with van der Waals surface area (Å²) in [6.45, 7) is 4.15. The second kappa shape index (κ2) is 11.1. The van der Waals surface area contributed by atoms with Gasteiger partial charge in [0, 0.05) is 5.56 Å². The molecule has 0 radical (unpaired) electrons. The Labute approximate surface area is 209 Å². The predicted octanol–water partition coefficient (Wildman–Crippen LogP) is 5.90. The third-order valence-electron chi connectivity index (χ3n) is 5.95. The minimum atomic E-state index is 0.164. The molecule has 4 rings (SSSR count). The second-order valence-electron chi connectivity index (χ2n) is 8.14. The number of ether oxygens (including phenoxy) is 3. The minimum absolute atomic E-state index is 0.164. The van der Waals surface area contributed by atoms with Gasteiger partial charge in [-0.3, -0.25) is 0 Å². The SMILES string of the molecule is COc1cc(C2CCNCC2)ccc1Nc1ncc(OCc2c(Cl)c(C)cc(OC)c2Cl)cn1. The summed E-state index contributed by atoms with van der Waals surface area (Å²) < 4.78 is 16.8. The quantitative estimate of drug-likeness (QED) is 0.397. The summed E-state index contributed by atoms with van der Waals surface area (Å²) in [5.41, 5.74) is 3.61. The molecule has 1 fully saturated rings. The van der Waals surface area contributed by atoms with Crippen LogP contribution in [0.5, 0.6) is 17.2 Å². The molecular weight excluding hydrogens is 475 g/mol. The normalized spacial score (nSPS) is 14.0. The van der Waals surface area contributed by atoms with Gasteiger partial charge in [0.1, 0.15) is 18.1 Å². The van der Waals surface area contributed by atoms with E-state index in [0.29, 0.717) is 39.0 Å². The van der Waals surface area contributed by atoms with Crippen LogP contribution in [0.4, 0.5) is 11.6 Å². The molecule has 0 spiro atoms. The Morgan fingerprint density at radius 2 is 1.71 bits per heavy atom. The van der Waals surface area contributed by atoms with Gasteiger partial charge in [-0.1, -0.05) is 29.3 Å². The first-order valence-corrected chi connectivity index (χ1v) is 11.9. The van der Waals surface area contributed by atoms with Gasteiger partial charge in [0.05, 0.1) is 42.3 Å². The third-order valence-corrected chi connectivity index (χ3v) is 6.89. The minimum Gasteiger partial charge on any atom is -0.495 e. The topological polar surface area (TPSA) is 77.5 Å². The maximum atomic E-state index is 6.42. The Kier molecular flexibility index (Phi) is 7.98. The van der Waals surface area contributed by atoms with E-state index in [1.807, 2.05) is 13.0 Å². The lowest BCUT2D eigenvalue weighted by atomic mass is 9.90. The van der Waals surface area contributed by atoms with Gasteiger partial charge >= 0.3 is 0 Å². The highest BCUT2D eigenvalue weighted by Gasteiger charge is 2.18. The fraction of sp³-hybridized carbons (Fsp3) is 0.360. The Morgan fingerprint density at radius 1 is 1.00 bits per heavy atom. The molecule has 180 valence electrons. The zero-order chi connectivity index (χ0) is 24.1. The van der Waals surface area contributed by atoms with Crippen molar-refractivity contribution in [3.63, 3.8) is 0 Å². The molecule has 2 aromatic carbocycles. The summed E-state index contributed by atoms with van der Waals surface area (Å²) in [7, 11) is 3.23. The van der Waals surface area contributed by atoms with Crippen molar-refractivity contribution >= 4 is 34.8 Å². The van der Waals surface area contributed by atoms with Crippen molar-refractivity contribution < 1.29 is 14.2 Å². The number of methoxy groups -OCH3 is 2. The molecule has 1 aliphatic rings. The molecule has 1 aromatic heterocycles. The standard InChI is InChI=1S/C25H28Cl2N4O3/c1-15-10-22(33-3)24(27)19(23(15)26)14-34-18-12-29-25(30-13-18)31-20-5-4-17(11-21(20)32-2)16-6-8-28-9-7-16/h4-5,10-13,16,28H,6-9,14H2,1-3H3,(H,29,30,31). The zero-order valence-corrected chi connectivity index (χ0v) is 21.0. The number of hydrogen-bond acceptors (Lipinski definition) is 7. The molecule has 0 aliphatic carbocycles. The molecule has 1 saturated heterocycles. The number of anilines is 2. The highest BCUT2D eigenvalue weighted by molar-refractivity contribution is 6.37. The van der Waals surface area contributed by atoms with Gasteiger partial charge in [-0.25, -0.2) is 9.97 Å². The fourth-order valence-corrected chi connectivity index (χ4v) is 4.57. The van der Waals surface area contributed by atoms with Crippen LogP contribution in [-0.4, -0.2) is 37.3 Å². The molecule has 0 unspecified atom stereocenters. The maximum Gasteiger partial charge on any atom is 0.227 e. The van der Waals surface area contributed by atoms with E-state index >= 15 is 0 Å². The van der Waals surface area contributed by atoms with Crippen molar-refractivity contribution in [2.75, 3.05) is 32.6 Å². The van der Waals surface area contributed by atoms with Gasteiger partial charge in [0.25, 0.3) is 0 Å². The lowest BCUT2D eigenvalue weighted by molar-refractivity contribution is 0.303. The number of benzene rings is 2. The van der Waals surface area contributed by atoms with E-state index in [9.17, 15) is 0 Å². The summed E-state index contributed by atoms with van der Waals surface area (Å²) in [4.78, 5) is 8.74. The van der Waals surface area contributed by atoms with Crippen molar-refractivity contribution in [1.29, 1.82) is 0 Å². The van der Waals surface area contributed by atoms with E-state index in [1.165, 1.54) is 5.56 Å². The van der Waals surface area contributed by atoms with Gasteiger partial charge in [-0.05, 0) is 68.1 Å². The van der Waals surface area contributed by atoms with E-state index < -0.39 is 0 Å². The molecule has 3 aromatic rings. The van der Waals surface area contributed by atoms with E-state index in [2.05, 4.69) is 32.7 Å². The number of hydrogen-bond donors (Lipinski definition) is 2. The van der Waals surface area contributed by atoms with Crippen LogP contribution in [0.1, 0.15) is 35.4 Å². The van der Waals surface area contributed by atoms with Crippen molar-refractivity contribution in [2.24, 2.45) is 0 Å². The number of piperidine rings is 1. The van der Waals surface area contributed by atoms with E-state index in [-0.39, 0.29) is 6.61 Å². The van der Waals surface area contributed by atoms with Gasteiger partial charge in [0.2, 0.25) is 5.95 Å². The molecule has 1 aliphatic heterocycles. The van der Waals surface area contributed by atoms with E-state index in [1.54, 1.807) is 32.7 Å². The molecule has 2 heterocycles. The van der Waals surface area contributed by atoms with E-state index in [0.717, 1.165) is 42.9 Å². The average Bonchev–Trinajstić information content (AvgIpc) is 2.88. The second-order valence-corrected chi connectivity index (χ2v) is 8.90. The van der Waals surface area contributed by atoms with Crippen molar-refractivity contribution in [3.05, 3.63) is 63.4 Å². The van der Waals surface area contributed by atoms with Crippen LogP contribution < -0.4 is 24.8 Å². The van der Waals surface area contributed by atoms with Crippen LogP contribution in [0, 0.1) is 6.92 Å². The third kappa shape index (κ3) is 5.49. The van der Waals surface area contributed by atoms with E-state index in [4.69, 9.17) is 37.4 Å². The number of nitrogens with one attached hydrogen (secondary N) is 2. The van der Waals surface area contributed by atoms with Crippen LogP contribution in [0.2, 0.25) is 10.0 Å². The molecule has 0 bridgehead atoms. The van der Waals surface area contributed by atoms with Crippen LogP contribution in [0.3, 0.4) is 0 Å². The summed E-state index contributed by atoms with van der Waals surface area (Å²) in [5.74, 6) is 2.79. The summed E-state index contributed by atoms with van der Waals surface area (Å²) in [5, 5.41) is 7.60. The van der Waals surface area contributed by atoms with Crippen LogP contribution >= 0.6 is 23.2 Å². The number of aryl methyl sites for hydroxylation is 1. The molecule has 9 heteroatoms. The van der Waals surface area contributed by atoms with Crippen molar-refractivity contribution in [2.45, 2.75) is 32.3 Å². The average molecular weight is 503 g/mol. The molecule has 7 nitrogen and oxygen atoms in total. The van der Waals surface area contributed by atoms with Crippen LogP contribution in [0.25, 0.3) is 0 Å². The molecule has 2 N–H and O–H groups in total. The lowest BCUT2D eigenvalue weighted by Gasteiger charge is -2.24. The fourth-order valence-electron chi connectivity index (χ4n) is 4.03. The highest BCUT2D eigenvalue weighted by atomic mass is 35.5. The predicted molar refractivity (Wildman–Crippen MR) is 135 cm³/mol. The number of nitrogens with zero attached hydrogens (tertiary/aromatic N) is 2. The first kappa shape index (κ1) is 24.4. The Balaban J connectivity index is 1.43. The summed E-state index contributed by atoms with van der Waals surface area (Å²) >= 11 is 12.8. The smallest absolute Gasteiger partial charge is 0.227 e. The van der Waals surface area contributed by atoms with Crippen LogP contribution in [0.15, 0.2) is 36.7 Å². The zero-order valence-electron chi connectivity index (χ0n) is 19.5. The maximum absolute atomic E-state index is 6.42. The van der Waals surface area contributed by atoms with Crippen LogP contribution in [-0.2, 0) is 6.61 Å². The van der Waals surface area contributed by atoms with Crippen molar-refractivity contribution in [3.8, 4) is 17.2 Å². The monoisotopic (exact) mass is 502 g/mol. The molecule has 0 amide bonds. The van der Waals surface area contributed by atoms with Gasteiger partial charge in [-0.15, -0.1) is 0 Å².